The van der Waals surface area contributed by atoms with Crippen LogP contribution in [0.15, 0.2) is 60.3 Å². The van der Waals surface area contributed by atoms with E-state index in [1.807, 2.05) is 45.1 Å². The monoisotopic (exact) mass is 258 g/mol. The molecule has 0 aromatic carbocycles. The molecule has 19 heavy (non-hydrogen) atoms. The van der Waals surface area contributed by atoms with E-state index in [0.717, 1.165) is 24.0 Å². The first-order valence-electron chi connectivity index (χ1n) is 7.04. The lowest BCUT2D eigenvalue weighted by Crippen LogP contribution is -2.03. The Morgan fingerprint density at radius 1 is 1.42 bits per heavy atom. The predicted molar refractivity (Wildman–Crippen MR) is 85.1 cm³/mol. The number of Topliss-reactive ketones (excluding diaryl/α,β-unsaturated/α-hetero) is 1. The number of allylic oxidation sites excluding steroid dienone is 8. The number of carbonyl (C=O) groups is 1. The summed E-state index contributed by atoms with van der Waals surface area (Å²) in [6, 6.07) is 0. The van der Waals surface area contributed by atoms with Crippen LogP contribution in [0.5, 0.6) is 0 Å². The maximum atomic E-state index is 12.2. The van der Waals surface area contributed by atoms with E-state index in [9.17, 15) is 4.79 Å². The normalized spacial score (nSPS) is 18.9. The maximum Gasteiger partial charge on any atom is 0.192 e. The molecule has 0 spiro atoms. The van der Waals surface area contributed by atoms with Gasteiger partial charge in [-0.25, -0.2) is 0 Å². The van der Waals surface area contributed by atoms with Crippen LogP contribution in [0.2, 0.25) is 0 Å². The quantitative estimate of drug-likeness (QED) is 0.501. The topological polar surface area (TPSA) is 17.1 Å². The molecule has 0 fully saturated rings. The van der Waals surface area contributed by atoms with Crippen molar-refractivity contribution < 1.29 is 4.79 Å². The van der Waals surface area contributed by atoms with Gasteiger partial charge in [0, 0.05) is 11.1 Å². The molecule has 0 saturated heterocycles. The summed E-state index contributed by atoms with van der Waals surface area (Å²) < 4.78 is 0. The van der Waals surface area contributed by atoms with Gasteiger partial charge >= 0.3 is 0 Å². The van der Waals surface area contributed by atoms with Crippen molar-refractivity contribution in [2.45, 2.75) is 40.5 Å². The van der Waals surface area contributed by atoms with Crippen LogP contribution in [0.4, 0.5) is 0 Å². The molecule has 104 valence electrons. The third kappa shape index (κ3) is 5.25. The van der Waals surface area contributed by atoms with Gasteiger partial charge in [-0.3, -0.25) is 4.79 Å². The zero-order valence-electron chi connectivity index (χ0n) is 12.7. The van der Waals surface area contributed by atoms with Gasteiger partial charge < -0.3 is 0 Å². The van der Waals surface area contributed by atoms with Gasteiger partial charge in [0.15, 0.2) is 5.78 Å². The van der Waals surface area contributed by atoms with E-state index in [-0.39, 0.29) is 5.78 Å². The van der Waals surface area contributed by atoms with Crippen molar-refractivity contribution in [1.29, 1.82) is 0 Å². The fraction of sp³-hybridized carbons (Fsp3) is 0.389. The molecule has 1 unspecified atom stereocenters. The van der Waals surface area contributed by atoms with E-state index in [1.54, 1.807) is 6.08 Å². The van der Waals surface area contributed by atoms with E-state index < -0.39 is 0 Å². The van der Waals surface area contributed by atoms with Gasteiger partial charge in [-0.15, -0.1) is 0 Å². The van der Waals surface area contributed by atoms with Crippen LogP contribution >= 0.6 is 0 Å². The Kier molecular flexibility index (Phi) is 8.52. The Morgan fingerprint density at radius 3 is 2.58 bits per heavy atom. The van der Waals surface area contributed by atoms with Gasteiger partial charge in [0.25, 0.3) is 0 Å². The third-order valence-electron chi connectivity index (χ3n) is 2.97. The van der Waals surface area contributed by atoms with E-state index in [1.165, 1.54) is 0 Å². The van der Waals surface area contributed by atoms with Crippen molar-refractivity contribution in [3.63, 3.8) is 0 Å². The van der Waals surface area contributed by atoms with Crippen molar-refractivity contribution in [1.82, 2.24) is 0 Å². The molecule has 1 aliphatic carbocycles. The Labute approximate surface area is 118 Å². The lowest BCUT2D eigenvalue weighted by Gasteiger charge is -2.05. The molecule has 1 aliphatic rings. The van der Waals surface area contributed by atoms with Gasteiger partial charge in [-0.05, 0) is 18.8 Å². The summed E-state index contributed by atoms with van der Waals surface area (Å²) >= 11 is 0. The molecule has 0 heterocycles. The summed E-state index contributed by atoms with van der Waals surface area (Å²) in [6.45, 7) is 15.8. The van der Waals surface area contributed by atoms with Gasteiger partial charge in [-0.1, -0.05) is 76.8 Å². The zero-order valence-corrected chi connectivity index (χ0v) is 12.7. The Balaban J connectivity index is 0.00000154. The highest BCUT2D eigenvalue weighted by molar-refractivity contribution is 6.11. The average molecular weight is 258 g/mol. The largest absolute Gasteiger partial charge is 0.289 e. The highest BCUT2D eigenvalue weighted by atomic mass is 16.1. The second kappa shape index (κ2) is 9.32. The Bertz CT molecular complexity index is 419. The van der Waals surface area contributed by atoms with Crippen LogP contribution < -0.4 is 0 Å². The van der Waals surface area contributed by atoms with Crippen molar-refractivity contribution in [3.8, 4) is 0 Å². The molecule has 0 saturated carbocycles. The summed E-state index contributed by atoms with van der Waals surface area (Å²) in [7, 11) is 0. The number of carbonyl (C=O) groups excluding carboxylic acids is 1. The van der Waals surface area contributed by atoms with E-state index in [4.69, 9.17) is 0 Å². The number of ketones is 1. The van der Waals surface area contributed by atoms with Crippen molar-refractivity contribution >= 4 is 5.78 Å². The minimum absolute atomic E-state index is 0.0556. The van der Waals surface area contributed by atoms with Crippen LogP contribution in [0.3, 0.4) is 0 Å². The minimum Gasteiger partial charge on any atom is -0.289 e. The molecule has 0 aliphatic heterocycles. The summed E-state index contributed by atoms with van der Waals surface area (Å²) in [4.78, 5) is 12.2. The average Bonchev–Trinajstić information content (AvgIpc) is 2.61. The third-order valence-corrected chi connectivity index (χ3v) is 2.97. The lowest BCUT2D eigenvalue weighted by atomic mass is 9.99. The first-order valence-corrected chi connectivity index (χ1v) is 7.04. The highest BCUT2D eigenvalue weighted by Gasteiger charge is 2.14. The predicted octanol–water partition coefficient (Wildman–Crippen LogP) is 5.18. The van der Waals surface area contributed by atoms with Gasteiger partial charge in [0.1, 0.15) is 0 Å². The van der Waals surface area contributed by atoms with Gasteiger partial charge in [0.2, 0.25) is 0 Å². The van der Waals surface area contributed by atoms with E-state index >= 15 is 0 Å². The molecule has 1 rings (SSSR count). The number of hydrogen-bond donors (Lipinski definition) is 0. The first-order chi connectivity index (χ1) is 9.10. The van der Waals surface area contributed by atoms with Gasteiger partial charge in [-0.2, -0.15) is 0 Å². The summed E-state index contributed by atoms with van der Waals surface area (Å²) in [5.74, 6) is 0.457. The molecule has 0 radical (unpaired) electrons. The summed E-state index contributed by atoms with van der Waals surface area (Å²) in [6.07, 6.45) is 11.0. The van der Waals surface area contributed by atoms with Crippen LogP contribution in [0.1, 0.15) is 40.5 Å². The van der Waals surface area contributed by atoms with Crippen molar-refractivity contribution in [2.24, 2.45) is 5.92 Å². The molecule has 0 bridgehead atoms. The second-order valence-electron chi connectivity index (χ2n) is 4.31. The standard InChI is InChI=1S/C16H20O.C2H6/c1-5-7-14(6-2)16(17)15-10-8-12(3)13(4)9-11-15;1-2/h6-8,10-11,13H,2-3,5,9H2,1,4H3;1-2H3/b14-7+;. The molecule has 1 heteroatoms. The van der Waals surface area contributed by atoms with E-state index in [2.05, 4.69) is 20.1 Å². The van der Waals surface area contributed by atoms with Crippen LogP contribution in [-0.2, 0) is 4.79 Å². The summed E-state index contributed by atoms with van der Waals surface area (Å²) in [5.41, 5.74) is 2.50. The first kappa shape index (κ1) is 17.4. The molecular formula is C18H26O. The lowest BCUT2D eigenvalue weighted by molar-refractivity contribution is -0.111. The number of rotatable bonds is 4. The Morgan fingerprint density at radius 2 is 2.05 bits per heavy atom. The SMILES string of the molecule is C=C/C(=C\CC)C(=O)C1=CCC(C)C(=C)C=C1.CC. The highest BCUT2D eigenvalue weighted by Crippen LogP contribution is 2.22. The summed E-state index contributed by atoms with van der Waals surface area (Å²) in [5, 5.41) is 0. The molecule has 1 atom stereocenters. The number of hydrogen-bond acceptors (Lipinski definition) is 1. The fourth-order valence-corrected chi connectivity index (χ4v) is 1.71. The van der Waals surface area contributed by atoms with Crippen LogP contribution in [0, 0.1) is 5.92 Å². The maximum absolute atomic E-state index is 12.2. The smallest absolute Gasteiger partial charge is 0.192 e. The van der Waals surface area contributed by atoms with E-state index in [0.29, 0.717) is 11.5 Å². The van der Waals surface area contributed by atoms with Crippen molar-refractivity contribution in [3.05, 3.63) is 60.3 Å². The molecule has 0 amide bonds. The van der Waals surface area contributed by atoms with Gasteiger partial charge in [0.05, 0.1) is 0 Å². The molecule has 0 aromatic heterocycles. The molecule has 0 N–H and O–H groups in total. The zero-order chi connectivity index (χ0) is 14.8. The molecule has 1 nitrogen and oxygen atoms in total. The van der Waals surface area contributed by atoms with Crippen molar-refractivity contribution in [2.75, 3.05) is 0 Å². The van der Waals surface area contributed by atoms with Crippen LogP contribution in [0.25, 0.3) is 0 Å². The molecular weight excluding hydrogens is 232 g/mol. The van der Waals surface area contributed by atoms with Crippen LogP contribution in [-0.4, -0.2) is 5.78 Å². The Hall–Kier alpha value is -1.63. The second-order valence-corrected chi connectivity index (χ2v) is 4.31. The molecule has 0 aromatic rings. The fourth-order valence-electron chi connectivity index (χ4n) is 1.71. The minimum atomic E-state index is 0.0556.